The fourth-order valence-corrected chi connectivity index (χ4v) is 4.48. The van der Waals surface area contributed by atoms with E-state index >= 15 is 0 Å². The summed E-state index contributed by atoms with van der Waals surface area (Å²) in [6.45, 7) is 1.44. The van der Waals surface area contributed by atoms with E-state index in [4.69, 9.17) is 45.3 Å². The molecule has 154 valence electrons. The third-order valence-electron chi connectivity index (χ3n) is 4.05. The van der Waals surface area contributed by atoms with Crippen molar-refractivity contribution in [1.82, 2.24) is 10.3 Å². The van der Waals surface area contributed by atoms with E-state index in [2.05, 4.69) is 15.6 Å². The van der Waals surface area contributed by atoms with Crippen LogP contribution >= 0.6 is 46.1 Å². The number of carbonyl (C=O) groups is 3. The van der Waals surface area contributed by atoms with E-state index < -0.39 is 17.8 Å². The lowest BCUT2D eigenvalue weighted by Crippen LogP contribution is -2.34. The zero-order valence-electron chi connectivity index (χ0n) is 14.8. The number of ether oxygens (including phenoxy) is 1. The Bertz CT molecular complexity index is 953. The maximum Gasteiger partial charge on any atom is 0.360 e. The molecule has 0 saturated carbocycles. The summed E-state index contributed by atoms with van der Waals surface area (Å²) in [5, 5.41) is 5.84. The first-order valence-corrected chi connectivity index (χ1v) is 10.4. The number of nitrogens with zero attached hydrogens (tertiary/aromatic N) is 1. The predicted octanol–water partition coefficient (Wildman–Crippen LogP) is 3.36. The number of carbonyl (C=O) groups excluding carboxylic acids is 3. The molecule has 8 nitrogen and oxygen atoms in total. The third-order valence-corrected chi connectivity index (χ3v) is 5.85. The number of halogens is 3. The molecule has 2 amide bonds. The molecule has 2 aromatic rings. The van der Waals surface area contributed by atoms with Gasteiger partial charge in [0.25, 0.3) is 11.8 Å². The maximum absolute atomic E-state index is 12.7. The van der Waals surface area contributed by atoms with Crippen molar-refractivity contribution in [2.24, 2.45) is 5.73 Å². The van der Waals surface area contributed by atoms with Crippen molar-refractivity contribution in [3.05, 3.63) is 43.5 Å². The van der Waals surface area contributed by atoms with E-state index in [9.17, 15) is 14.4 Å². The highest BCUT2D eigenvalue weighted by Crippen LogP contribution is 2.32. The predicted molar refractivity (Wildman–Crippen MR) is 111 cm³/mol. The number of anilines is 1. The minimum atomic E-state index is -0.839. The third kappa shape index (κ3) is 5.18. The van der Waals surface area contributed by atoms with Gasteiger partial charge in [-0.1, -0.05) is 46.1 Å². The second kappa shape index (κ2) is 9.27. The Morgan fingerprint density at radius 3 is 2.38 bits per heavy atom. The number of rotatable bonds is 5. The smallest absolute Gasteiger partial charge is 0.360 e. The van der Waals surface area contributed by atoms with Crippen molar-refractivity contribution in [2.75, 3.05) is 18.4 Å². The second-order valence-corrected chi connectivity index (χ2v) is 8.36. The largest absolute Gasteiger partial charge is 0.457 e. The minimum Gasteiger partial charge on any atom is -0.457 e. The quantitative estimate of drug-likeness (QED) is 0.567. The molecule has 1 fully saturated rings. The second-order valence-electron chi connectivity index (χ2n) is 6.11. The van der Waals surface area contributed by atoms with Crippen LogP contribution in [0.4, 0.5) is 5.00 Å². The van der Waals surface area contributed by atoms with Crippen LogP contribution in [0.25, 0.3) is 0 Å². The van der Waals surface area contributed by atoms with Gasteiger partial charge >= 0.3 is 5.97 Å². The standard InChI is InChI=1S/C17H15Cl3N4O4S/c18-7-5-9(19)11(10(20)6-7)14(26)24-15-12(23-16(29-15)13(21)25)17(27)28-8-1-3-22-4-2-8/h5-6,8,22H,1-4H2,(H2,21,25)(H,24,26). The van der Waals surface area contributed by atoms with Gasteiger partial charge in [-0.2, -0.15) is 0 Å². The van der Waals surface area contributed by atoms with Crippen molar-refractivity contribution in [3.8, 4) is 0 Å². The van der Waals surface area contributed by atoms with E-state index in [-0.39, 0.29) is 42.4 Å². The van der Waals surface area contributed by atoms with Crippen LogP contribution in [0.2, 0.25) is 15.1 Å². The molecule has 2 heterocycles. The molecule has 0 atom stereocenters. The van der Waals surface area contributed by atoms with Crippen LogP contribution in [0.15, 0.2) is 12.1 Å². The first-order chi connectivity index (χ1) is 13.8. The number of primary amides is 1. The first-order valence-electron chi connectivity index (χ1n) is 8.44. The highest BCUT2D eigenvalue weighted by atomic mass is 35.5. The first kappa shape index (κ1) is 21.8. The Kier molecular flexibility index (Phi) is 6.97. The molecule has 3 rings (SSSR count). The van der Waals surface area contributed by atoms with Gasteiger partial charge in [0.2, 0.25) is 0 Å². The van der Waals surface area contributed by atoms with Crippen molar-refractivity contribution < 1.29 is 19.1 Å². The number of thiazole rings is 1. The van der Waals surface area contributed by atoms with Gasteiger partial charge in [0.05, 0.1) is 15.6 Å². The number of piperidine rings is 1. The van der Waals surface area contributed by atoms with E-state index in [0.717, 1.165) is 24.4 Å². The number of nitrogens with one attached hydrogen (secondary N) is 2. The van der Waals surface area contributed by atoms with E-state index in [0.29, 0.717) is 12.8 Å². The fourth-order valence-electron chi connectivity index (χ4n) is 2.69. The SMILES string of the molecule is NC(=O)c1nc(C(=O)OC2CCNCC2)c(NC(=O)c2c(Cl)cc(Cl)cc2Cl)s1. The van der Waals surface area contributed by atoms with Gasteiger partial charge in [-0.25, -0.2) is 9.78 Å². The molecule has 29 heavy (non-hydrogen) atoms. The van der Waals surface area contributed by atoms with Gasteiger partial charge in [0.1, 0.15) is 11.1 Å². The molecule has 1 aromatic heterocycles. The van der Waals surface area contributed by atoms with Gasteiger partial charge in [-0.15, -0.1) is 0 Å². The summed E-state index contributed by atoms with van der Waals surface area (Å²) in [6, 6.07) is 2.72. The van der Waals surface area contributed by atoms with Crippen LogP contribution in [-0.2, 0) is 4.74 Å². The molecule has 1 aliphatic heterocycles. The van der Waals surface area contributed by atoms with Crippen LogP contribution in [0.5, 0.6) is 0 Å². The summed E-state index contributed by atoms with van der Waals surface area (Å²) in [5.74, 6) is -2.30. The molecule has 4 N–H and O–H groups in total. The van der Waals surface area contributed by atoms with Crippen molar-refractivity contribution in [2.45, 2.75) is 18.9 Å². The Balaban J connectivity index is 1.87. The van der Waals surface area contributed by atoms with Crippen molar-refractivity contribution >= 4 is 68.9 Å². The zero-order chi connectivity index (χ0) is 21.1. The number of aromatic nitrogens is 1. The minimum absolute atomic E-state index is 0.00446. The molecule has 12 heteroatoms. The van der Waals surface area contributed by atoms with Gasteiger partial charge < -0.3 is 21.1 Å². The molecule has 0 spiro atoms. The van der Waals surface area contributed by atoms with Gasteiger partial charge in [0.15, 0.2) is 10.7 Å². The zero-order valence-corrected chi connectivity index (χ0v) is 17.8. The summed E-state index contributed by atoms with van der Waals surface area (Å²) >= 11 is 18.8. The normalized spacial score (nSPS) is 14.4. The van der Waals surface area contributed by atoms with Crippen LogP contribution in [0.1, 0.15) is 43.5 Å². The maximum atomic E-state index is 12.7. The Hall–Kier alpha value is -1.91. The van der Waals surface area contributed by atoms with Crippen LogP contribution in [-0.4, -0.2) is 42.0 Å². The number of hydrogen-bond acceptors (Lipinski definition) is 7. The van der Waals surface area contributed by atoms with Crippen molar-refractivity contribution in [1.29, 1.82) is 0 Å². The van der Waals surface area contributed by atoms with E-state index in [1.54, 1.807) is 0 Å². The molecular formula is C17H15Cl3N4O4S. The molecule has 1 aliphatic rings. The summed E-state index contributed by atoms with van der Waals surface area (Å²) in [5.41, 5.74) is 5.02. The monoisotopic (exact) mass is 476 g/mol. The molecule has 0 unspecified atom stereocenters. The summed E-state index contributed by atoms with van der Waals surface area (Å²) in [4.78, 5) is 40.7. The lowest BCUT2D eigenvalue weighted by molar-refractivity contribution is 0.0225. The van der Waals surface area contributed by atoms with Gasteiger partial charge in [-0.05, 0) is 38.1 Å². The number of hydrogen-bond donors (Lipinski definition) is 3. The van der Waals surface area contributed by atoms with Crippen molar-refractivity contribution in [3.63, 3.8) is 0 Å². The van der Waals surface area contributed by atoms with Crippen LogP contribution in [0.3, 0.4) is 0 Å². The molecule has 1 aromatic carbocycles. The highest BCUT2D eigenvalue weighted by molar-refractivity contribution is 7.18. The van der Waals surface area contributed by atoms with E-state index in [1.165, 1.54) is 12.1 Å². The molecule has 0 aliphatic carbocycles. The lowest BCUT2D eigenvalue weighted by atomic mass is 10.1. The highest BCUT2D eigenvalue weighted by Gasteiger charge is 2.27. The Morgan fingerprint density at radius 1 is 1.17 bits per heavy atom. The topological polar surface area (TPSA) is 123 Å². The Labute approximate surface area is 184 Å². The Morgan fingerprint density at radius 2 is 1.79 bits per heavy atom. The lowest BCUT2D eigenvalue weighted by Gasteiger charge is -2.22. The van der Waals surface area contributed by atoms with Crippen LogP contribution < -0.4 is 16.4 Å². The van der Waals surface area contributed by atoms with Gasteiger partial charge in [-0.3, -0.25) is 9.59 Å². The van der Waals surface area contributed by atoms with Crippen LogP contribution in [0, 0.1) is 0 Å². The average molecular weight is 478 g/mol. The number of benzene rings is 1. The number of nitrogens with two attached hydrogens (primary N) is 1. The molecular weight excluding hydrogens is 463 g/mol. The van der Waals surface area contributed by atoms with E-state index in [1.807, 2.05) is 0 Å². The number of amides is 2. The summed E-state index contributed by atoms with van der Waals surface area (Å²) in [7, 11) is 0. The number of esters is 1. The fraction of sp³-hybridized carbons (Fsp3) is 0.294. The molecule has 1 saturated heterocycles. The summed E-state index contributed by atoms with van der Waals surface area (Å²) in [6.07, 6.45) is 1.01. The molecule has 0 bridgehead atoms. The summed E-state index contributed by atoms with van der Waals surface area (Å²) < 4.78 is 5.45. The molecule has 0 radical (unpaired) electrons. The van der Waals surface area contributed by atoms with Gasteiger partial charge in [0, 0.05) is 5.02 Å². The average Bonchev–Trinajstić information content (AvgIpc) is 3.06.